The summed E-state index contributed by atoms with van der Waals surface area (Å²) in [4.78, 5) is 41.4. The lowest BCUT2D eigenvalue weighted by Crippen LogP contribution is -2.46. The standard InChI is InChI=1S/C23H19BrN2O5/c24-16-8-10-17(11-9-16)26-21(27)13-20(23(26)29)25(14-19-7-4-12-30-19)22(28)15-31-18-5-2-1-3-6-18/h1-12,20H,13-15H2. The van der Waals surface area contributed by atoms with Gasteiger partial charge < -0.3 is 14.1 Å². The molecule has 1 saturated heterocycles. The van der Waals surface area contributed by atoms with Crippen molar-refractivity contribution in [3.05, 3.63) is 83.2 Å². The van der Waals surface area contributed by atoms with Crippen LogP contribution in [0.15, 0.2) is 81.9 Å². The van der Waals surface area contributed by atoms with E-state index in [0.29, 0.717) is 17.2 Å². The molecule has 0 radical (unpaired) electrons. The first-order valence-corrected chi connectivity index (χ1v) is 10.4. The molecule has 0 aliphatic carbocycles. The summed E-state index contributed by atoms with van der Waals surface area (Å²) in [5, 5.41) is 0. The van der Waals surface area contributed by atoms with E-state index < -0.39 is 17.9 Å². The molecule has 31 heavy (non-hydrogen) atoms. The summed E-state index contributed by atoms with van der Waals surface area (Å²) in [7, 11) is 0. The van der Waals surface area contributed by atoms with Gasteiger partial charge in [0.2, 0.25) is 5.91 Å². The number of imide groups is 1. The van der Waals surface area contributed by atoms with Gasteiger partial charge in [-0.2, -0.15) is 0 Å². The van der Waals surface area contributed by atoms with Crippen LogP contribution in [0, 0.1) is 0 Å². The minimum Gasteiger partial charge on any atom is -0.484 e. The molecule has 0 N–H and O–H groups in total. The Bertz CT molecular complexity index is 1070. The van der Waals surface area contributed by atoms with Crippen LogP contribution >= 0.6 is 15.9 Å². The molecule has 2 heterocycles. The highest BCUT2D eigenvalue weighted by Crippen LogP contribution is 2.28. The second-order valence-electron chi connectivity index (χ2n) is 6.97. The lowest BCUT2D eigenvalue weighted by atomic mass is 10.2. The Kier molecular flexibility index (Phi) is 6.18. The van der Waals surface area contributed by atoms with Gasteiger partial charge >= 0.3 is 0 Å². The summed E-state index contributed by atoms with van der Waals surface area (Å²) in [5.74, 6) is -0.177. The minimum atomic E-state index is -0.937. The van der Waals surface area contributed by atoms with Crippen molar-refractivity contribution in [3.8, 4) is 5.75 Å². The zero-order valence-corrected chi connectivity index (χ0v) is 18.0. The van der Waals surface area contributed by atoms with Gasteiger partial charge in [-0.15, -0.1) is 0 Å². The second kappa shape index (κ2) is 9.18. The highest BCUT2D eigenvalue weighted by molar-refractivity contribution is 9.10. The number of benzene rings is 2. The van der Waals surface area contributed by atoms with Gasteiger partial charge in [0.15, 0.2) is 6.61 Å². The number of anilines is 1. The van der Waals surface area contributed by atoms with Gasteiger partial charge in [-0.1, -0.05) is 34.1 Å². The Morgan fingerprint density at radius 2 is 1.81 bits per heavy atom. The molecule has 0 bridgehead atoms. The zero-order chi connectivity index (χ0) is 21.8. The fraction of sp³-hybridized carbons (Fsp3) is 0.174. The normalized spacial score (nSPS) is 15.9. The molecule has 4 rings (SSSR count). The third-order valence-corrected chi connectivity index (χ3v) is 5.44. The molecule has 1 aliphatic rings. The van der Waals surface area contributed by atoms with Crippen LogP contribution in [0.4, 0.5) is 5.69 Å². The molecule has 3 amide bonds. The molecule has 1 unspecified atom stereocenters. The van der Waals surface area contributed by atoms with E-state index in [4.69, 9.17) is 9.15 Å². The highest BCUT2D eigenvalue weighted by atomic mass is 79.9. The lowest BCUT2D eigenvalue weighted by Gasteiger charge is -2.27. The molecule has 1 aromatic heterocycles. The van der Waals surface area contributed by atoms with E-state index in [2.05, 4.69) is 15.9 Å². The zero-order valence-electron chi connectivity index (χ0n) is 16.4. The molecular formula is C23H19BrN2O5. The number of hydrogen-bond acceptors (Lipinski definition) is 5. The van der Waals surface area contributed by atoms with Crippen LogP contribution in [0.25, 0.3) is 0 Å². The van der Waals surface area contributed by atoms with Crippen molar-refractivity contribution in [1.29, 1.82) is 0 Å². The molecule has 1 aliphatic heterocycles. The third-order valence-electron chi connectivity index (χ3n) is 4.92. The maximum Gasteiger partial charge on any atom is 0.261 e. The van der Waals surface area contributed by atoms with Crippen LogP contribution in [0.3, 0.4) is 0 Å². The van der Waals surface area contributed by atoms with E-state index in [1.165, 1.54) is 11.2 Å². The monoisotopic (exact) mass is 482 g/mol. The molecular weight excluding hydrogens is 464 g/mol. The quantitative estimate of drug-likeness (QED) is 0.478. The van der Waals surface area contributed by atoms with Crippen LogP contribution in [0.2, 0.25) is 0 Å². The number of rotatable bonds is 7. The van der Waals surface area contributed by atoms with Crippen molar-refractivity contribution >= 4 is 39.3 Å². The van der Waals surface area contributed by atoms with Gasteiger partial charge in [0.25, 0.3) is 11.8 Å². The average molecular weight is 483 g/mol. The second-order valence-corrected chi connectivity index (χ2v) is 7.88. The van der Waals surface area contributed by atoms with Crippen LogP contribution in [-0.2, 0) is 20.9 Å². The predicted octanol–water partition coefficient (Wildman–Crippen LogP) is 3.78. The van der Waals surface area contributed by atoms with E-state index in [1.807, 2.05) is 6.07 Å². The van der Waals surface area contributed by atoms with E-state index in [-0.39, 0.29) is 25.5 Å². The van der Waals surface area contributed by atoms with Gasteiger partial charge in [-0.05, 0) is 48.5 Å². The number of carbonyl (C=O) groups is 3. The Morgan fingerprint density at radius 3 is 2.48 bits per heavy atom. The first-order valence-electron chi connectivity index (χ1n) is 9.65. The van der Waals surface area contributed by atoms with E-state index in [1.54, 1.807) is 60.7 Å². The number of hydrogen-bond donors (Lipinski definition) is 0. The first kappa shape index (κ1) is 20.9. The van der Waals surface area contributed by atoms with E-state index in [9.17, 15) is 14.4 Å². The first-order chi connectivity index (χ1) is 15.0. The minimum absolute atomic E-state index is 0.0574. The largest absolute Gasteiger partial charge is 0.484 e. The van der Waals surface area contributed by atoms with Crippen molar-refractivity contribution in [1.82, 2.24) is 4.90 Å². The highest BCUT2D eigenvalue weighted by Gasteiger charge is 2.44. The molecule has 1 fully saturated rings. The van der Waals surface area contributed by atoms with E-state index >= 15 is 0 Å². The van der Waals surface area contributed by atoms with Crippen LogP contribution in [0.1, 0.15) is 12.2 Å². The van der Waals surface area contributed by atoms with Crippen molar-refractivity contribution < 1.29 is 23.5 Å². The number of carbonyl (C=O) groups excluding carboxylic acids is 3. The van der Waals surface area contributed by atoms with Crippen molar-refractivity contribution in [3.63, 3.8) is 0 Å². The van der Waals surface area contributed by atoms with Gasteiger partial charge in [-0.25, -0.2) is 4.90 Å². The maximum atomic E-state index is 13.2. The van der Waals surface area contributed by atoms with Gasteiger partial charge in [0.05, 0.1) is 24.9 Å². The summed E-state index contributed by atoms with van der Waals surface area (Å²) in [6.07, 6.45) is 1.39. The number of furan rings is 1. The van der Waals surface area contributed by atoms with Gasteiger partial charge in [0.1, 0.15) is 17.6 Å². The Morgan fingerprint density at radius 1 is 1.06 bits per heavy atom. The van der Waals surface area contributed by atoms with Crippen molar-refractivity contribution in [2.45, 2.75) is 19.0 Å². The van der Waals surface area contributed by atoms with Crippen LogP contribution in [-0.4, -0.2) is 35.3 Å². The molecule has 7 nitrogen and oxygen atoms in total. The number of amides is 3. The number of halogens is 1. The molecule has 2 aromatic carbocycles. The number of para-hydroxylation sites is 1. The SMILES string of the molecule is O=C1CC(N(Cc2ccco2)C(=O)COc2ccccc2)C(=O)N1c1ccc(Br)cc1. The molecule has 1 atom stereocenters. The number of nitrogens with zero attached hydrogens (tertiary/aromatic N) is 2. The third kappa shape index (κ3) is 4.69. The summed E-state index contributed by atoms with van der Waals surface area (Å²) in [6.45, 7) is -0.206. The average Bonchev–Trinajstić information content (AvgIpc) is 3.39. The predicted molar refractivity (Wildman–Crippen MR) is 116 cm³/mol. The molecule has 158 valence electrons. The Hall–Kier alpha value is -3.39. The molecule has 0 saturated carbocycles. The Labute approximate surface area is 187 Å². The van der Waals surface area contributed by atoms with E-state index in [0.717, 1.165) is 9.37 Å². The number of ether oxygens (including phenoxy) is 1. The summed E-state index contributed by atoms with van der Waals surface area (Å²) in [6, 6.07) is 18.3. The lowest BCUT2D eigenvalue weighted by molar-refractivity contribution is -0.141. The fourth-order valence-electron chi connectivity index (χ4n) is 3.41. The van der Waals surface area contributed by atoms with Crippen molar-refractivity contribution in [2.24, 2.45) is 0 Å². The topological polar surface area (TPSA) is 80.1 Å². The molecule has 3 aromatic rings. The smallest absolute Gasteiger partial charge is 0.261 e. The maximum absolute atomic E-state index is 13.2. The fourth-order valence-corrected chi connectivity index (χ4v) is 3.67. The summed E-state index contributed by atoms with van der Waals surface area (Å²) < 4.78 is 11.8. The summed E-state index contributed by atoms with van der Waals surface area (Å²) in [5.41, 5.74) is 0.464. The molecule has 0 spiro atoms. The van der Waals surface area contributed by atoms with Crippen LogP contribution in [0.5, 0.6) is 5.75 Å². The molecule has 8 heteroatoms. The summed E-state index contributed by atoms with van der Waals surface area (Å²) >= 11 is 3.34. The Balaban J connectivity index is 1.55. The van der Waals surface area contributed by atoms with Crippen molar-refractivity contribution in [2.75, 3.05) is 11.5 Å². The van der Waals surface area contributed by atoms with Crippen LogP contribution < -0.4 is 9.64 Å². The van der Waals surface area contributed by atoms with Gasteiger partial charge in [-0.3, -0.25) is 14.4 Å². The van der Waals surface area contributed by atoms with Gasteiger partial charge in [0, 0.05) is 4.47 Å².